The molecule has 0 aliphatic rings. The molecule has 14 heavy (non-hydrogen) atoms. The monoisotopic (exact) mass is 212 g/mol. The third-order valence-corrected chi connectivity index (χ3v) is 4.06. The van der Waals surface area contributed by atoms with Crippen molar-refractivity contribution in [2.75, 3.05) is 7.05 Å². The van der Waals surface area contributed by atoms with E-state index in [2.05, 4.69) is 44.9 Å². The Morgan fingerprint density at radius 3 is 2.29 bits per heavy atom. The molecular formula is C11H20N2S. The topological polar surface area (TPSA) is 24.9 Å². The fraction of sp³-hybridized carbons (Fsp3) is 0.727. The second-order valence-corrected chi connectivity index (χ2v) is 5.76. The maximum Gasteiger partial charge on any atom is 0.110 e. The van der Waals surface area contributed by atoms with Crippen molar-refractivity contribution in [3.63, 3.8) is 0 Å². The third-order valence-electron chi connectivity index (χ3n) is 2.30. The van der Waals surface area contributed by atoms with Crippen molar-refractivity contribution >= 4 is 11.3 Å². The van der Waals surface area contributed by atoms with Crippen molar-refractivity contribution in [2.45, 2.75) is 46.1 Å². The van der Waals surface area contributed by atoms with Gasteiger partial charge in [-0.15, -0.1) is 11.3 Å². The molecule has 0 bridgehead atoms. The predicted molar refractivity (Wildman–Crippen MR) is 63.0 cm³/mol. The molecular weight excluding hydrogens is 192 g/mol. The molecule has 80 valence electrons. The molecule has 1 aromatic rings. The van der Waals surface area contributed by atoms with E-state index in [-0.39, 0.29) is 5.41 Å². The summed E-state index contributed by atoms with van der Waals surface area (Å²) in [5.41, 5.74) is 1.40. The predicted octanol–water partition coefficient (Wildman–Crippen LogP) is 3.03. The smallest absolute Gasteiger partial charge is 0.110 e. The number of aryl methyl sites for hydroxylation is 1. The highest BCUT2D eigenvalue weighted by Crippen LogP contribution is 2.33. The van der Waals surface area contributed by atoms with Crippen LogP contribution in [0.4, 0.5) is 0 Å². The summed E-state index contributed by atoms with van der Waals surface area (Å²) in [5.74, 6) is 0. The molecule has 2 nitrogen and oxygen atoms in total. The van der Waals surface area contributed by atoms with Crippen LogP contribution in [0.15, 0.2) is 0 Å². The zero-order valence-electron chi connectivity index (χ0n) is 9.93. The molecule has 0 amide bonds. The van der Waals surface area contributed by atoms with Crippen LogP contribution in [-0.4, -0.2) is 12.0 Å². The van der Waals surface area contributed by atoms with Crippen LogP contribution in [0.25, 0.3) is 0 Å². The van der Waals surface area contributed by atoms with Crippen molar-refractivity contribution in [1.82, 2.24) is 10.3 Å². The normalized spacial score (nSPS) is 14.4. The largest absolute Gasteiger partial charge is 0.311 e. The molecule has 0 fully saturated rings. The molecule has 1 rings (SSSR count). The van der Waals surface area contributed by atoms with E-state index in [0.717, 1.165) is 0 Å². The van der Waals surface area contributed by atoms with Crippen LogP contribution in [0, 0.1) is 6.92 Å². The molecule has 3 heteroatoms. The lowest BCUT2D eigenvalue weighted by atomic mass is 9.93. The average Bonchev–Trinajstić information content (AvgIpc) is 2.45. The molecule has 0 radical (unpaired) electrons. The number of rotatable bonds is 2. The highest BCUT2D eigenvalue weighted by Gasteiger charge is 2.21. The number of thiazole rings is 1. The van der Waals surface area contributed by atoms with Crippen LogP contribution < -0.4 is 5.32 Å². The van der Waals surface area contributed by atoms with Crippen molar-refractivity contribution < 1.29 is 0 Å². The van der Waals surface area contributed by atoms with Gasteiger partial charge in [-0.2, -0.15) is 0 Å². The molecule has 1 atom stereocenters. The van der Waals surface area contributed by atoms with E-state index in [0.29, 0.717) is 6.04 Å². The van der Waals surface area contributed by atoms with E-state index in [1.807, 2.05) is 18.4 Å². The van der Waals surface area contributed by atoms with Crippen LogP contribution in [0.2, 0.25) is 0 Å². The van der Waals surface area contributed by atoms with Crippen molar-refractivity contribution in [2.24, 2.45) is 0 Å². The van der Waals surface area contributed by atoms with Gasteiger partial charge in [-0.3, -0.25) is 0 Å². The van der Waals surface area contributed by atoms with E-state index < -0.39 is 0 Å². The minimum Gasteiger partial charge on any atom is -0.311 e. The van der Waals surface area contributed by atoms with Gasteiger partial charge in [0, 0.05) is 4.88 Å². The first-order valence-corrected chi connectivity index (χ1v) is 5.83. The van der Waals surface area contributed by atoms with Gasteiger partial charge >= 0.3 is 0 Å². The zero-order valence-corrected chi connectivity index (χ0v) is 10.7. The van der Waals surface area contributed by atoms with Crippen molar-refractivity contribution in [3.05, 3.63) is 15.6 Å². The lowest BCUT2D eigenvalue weighted by Crippen LogP contribution is -2.11. The first-order chi connectivity index (χ1) is 6.36. The zero-order chi connectivity index (χ0) is 10.9. The summed E-state index contributed by atoms with van der Waals surface area (Å²) in [4.78, 5) is 6.00. The van der Waals surface area contributed by atoms with E-state index in [4.69, 9.17) is 0 Å². The fourth-order valence-corrected chi connectivity index (χ4v) is 2.61. The Labute approximate surface area is 90.8 Å². The number of hydrogen-bond donors (Lipinski definition) is 1. The molecule has 0 saturated carbocycles. The van der Waals surface area contributed by atoms with E-state index in [9.17, 15) is 0 Å². The number of aromatic nitrogens is 1. The van der Waals surface area contributed by atoms with Gasteiger partial charge in [0.15, 0.2) is 0 Å². The van der Waals surface area contributed by atoms with Crippen LogP contribution in [-0.2, 0) is 5.41 Å². The second kappa shape index (κ2) is 3.99. The van der Waals surface area contributed by atoms with Gasteiger partial charge in [-0.05, 0) is 26.3 Å². The molecule has 1 aromatic heterocycles. The Morgan fingerprint density at radius 2 is 1.93 bits per heavy atom. The number of nitrogens with zero attached hydrogens (tertiary/aromatic N) is 1. The van der Waals surface area contributed by atoms with Crippen LogP contribution in [0.5, 0.6) is 0 Å². The van der Waals surface area contributed by atoms with Gasteiger partial charge in [-0.25, -0.2) is 4.98 Å². The first kappa shape index (κ1) is 11.7. The molecule has 1 unspecified atom stereocenters. The molecule has 0 aliphatic heterocycles. The van der Waals surface area contributed by atoms with Gasteiger partial charge in [0.05, 0.1) is 11.7 Å². The Kier molecular flexibility index (Phi) is 3.32. The molecule has 1 heterocycles. The number of nitrogens with one attached hydrogen (secondary N) is 1. The molecule has 1 N–H and O–H groups in total. The summed E-state index contributed by atoms with van der Waals surface area (Å²) in [7, 11) is 1.97. The Bertz CT molecular complexity index is 310. The van der Waals surface area contributed by atoms with Crippen LogP contribution >= 0.6 is 11.3 Å². The summed E-state index contributed by atoms with van der Waals surface area (Å²) >= 11 is 1.83. The van der Waals surface area contributed by atoms with Gasteiger partial charge < -0.3 is 5.32 Å². The number of hydrogen-bond acceptors (Lipinski definition) is 3. The standard InChI is InChI=1S/C11H20N2S/c1-7-9(11(3,4)5)14-10(13-7)8(2)12-6/h8,12H,1-6H3. The summed E-state index contributed by atoms with van der Waals surface area (Å²) < 4.78 is 0. The SMILES string of the molecule is CNC(C)c1nc(C)c(C(C)(C)C)s1. The minimum absolute atomic E-state index is 0.216. The third kappa shape index (κ3) is 2.34. The van der Waals surface area contributed by atoms with Gasteiger partial charge in [0.2, 0.25) is 0 Å². The Morgan fingerprint density at radius 1 is 1.36 bits per heavy atom. The van der Waals surface area contributed by atoms with Crippen LogP contribution in [0.3, 0.4) is 0 Å². The molecule has 0 saturated heterocycles. The van der Waals surface area contributed by atoms with Gasteiger partial charge in [-0.1, -0.05) is 20.8 Å². The van der Waals surface area contributed by atoms with Crippen molar-refractivity contribution in [1.29, 1.82) is 0 Å². The van der Waals surface area contributed by atoms with E-state index >= 15 is 0 Å². The molecule has 0 aromatic carbocycles. The Hall–Kier alpha value is -0.410. The van der Waals surface area contributed by atoms with Crippen molar-refractivity contribution in [3.8, 4) is 0 Å². The highest BCUT2D eigenvalue weighted by atomic mass is 32.1. The maximum atomic E-state index is 4.60. The molecule has 0 aliphatic carbocycles. The van der Waals surface area contributed by atoms with Gasteiger partial charge in [0.1, 0.15) is 5.01 Å². The second-order valence-electron chi connectivity index (χ2n) is 4.73. The van der Waals surface area contributed by atoms with Gasteiger partial charge in [0.25, 0.3) is 0 Å². The van der Waals surface area contributed by atoms with Crippen LogP contribution in [0.1, 0.15) is 49.3 Å². The van der Waals surface area contributed by atoms with E-state index in [1.165, 1.54) is 15.6 Å². The highest BCUT2D eigenvalue weighted by molar-refractivity contribution is 7.12. The van der Waals surface area contributed by atoms with E-state index in [1.54, 1.807) is 0 Å². The summed E-state index contributed by atoms with van der Waals surface area (Å²) in [5, 5.41) is 4.41. The summed E-state index contributed by atoms with van der Waals surface area (Å²) in [6, 6.07) is 0.356. The Balaban J connectivity index is 3.05. The maximum absolute atomic E-state index is 4.60. The fourth-order valence-electron chi connectivity index (χ4n) is 1.42. The minimum atomic E-state index is 0.216. The quantitative estimate of drug-likeness (QED) is 0.815. The summed E-state index contributed by atoms with van der Waals surface area (Å²) in [6.07, 6.45) is 0. The average molecular weight is 212 g/mol. The lowest BCUT2D eigenvalue weighted by molar-refractivity contribution is 0.597. The molecule has 0 spiro atoms. The summed E-state index contributed by atoms with van der Waals surface area (Å²) in [6.45, 7) is 11.0. The first-order valence-electron chi connectivity index (χ1n) is 5.01. The lowest BCUT2D eigenvalue weighted by Gasteiger charge is -2.16.